The Morgan fingerprint density at radius 1 is 1.00 bits per heavy atom. The van der Waals surface area contributed by atoms with Crippen LogP contribution in [0.3, 0.4) is 0 Å². The number of carbonyl (C=O) groups is 1. The summed E-state index contributed by atoms with van der Waals surface area (Å²) < 4.78 is 32.4. The molecule has 2 atom stereocenters. The lowest BCUT2D eigenvalue weighted by Gasteiger charge is -2.19. The summed E-state index contributed by atoms with van der Waals surface area (Å²) in [7, 11) is 0. The minimum atomic E-state index is -1.51. The molecule has 0 fully saturated rings. The summed E-state index contributed by atoms with van der Waals surface area (Å²) in [6.07, 6.45) is -3.53. The van der Waals surface area contributed by atoms with Crippen LogP contribution in [-0.4, -0.2) is 35.6 Å². The van der Waals surface area contributed by atoms with E-state index in [9.17, 15) is 23.8 Å². The van der Waals surface area contributed by atoms with Crippen LogP contribution < -0.4 is 5.32 Å². The smallest absolute Gasteiger partial charge is 0.407 e. The predicted octanol–water partition coefficient (Wildman–Crippen LogP) is 5.05. The fourth-order valence-electron chi connectivity index (χ4n) is 4.10. The Labute approximate surface area is 198 Å². The Kier molecular flexibility index (Phi) is 7.07. The molecule has 0 radical (unpaired) electrons. The molecule has 33 heavy (non-hydrogen) atoms. The Bertz CT molecular complexity index is 1100. The van der Waals surface area contributed by atoms with Crippen molar-refractivity contribution in [3.8, 4) is 11.1 Å². The lowest BCUT2D eigenvalue weighted by Crippen LogP contribution is -2.30. The van der Waals surface area contributed by atoms with Crippen molar-refractivity contribution in [2.45, 2.75) is 24.5 Å². The van der Waals surface area contributed by atoms with Crippen LogP contribution in [0.25, 0.3) is 11.1 Å². The molecule has 1 amide bonds. The number of hydrogen-bond acceptors (Lipinski definition) is 4. The minimum Gasteiger partial charge on any atom is -0.449 e. The number of amides is 1. The highest BCUT2D eigenvalue weighted by atomic mass is 79.9. The highest BCUT2D eigenvalue weighted by molar-refractivity contribution is 9.10. The van der Waals surface area contributed by atoms with E-state index in [1.54, 1.807) is 0 Å². The molecule has 8 heteroatoms. The molecule has 4 rings (SSSR count). The van der Waals surface area contributed by atoms with E-state index in [-0.39, 0.29) is 35.5 Å². The zero-order chi connectivity index (χ0) is 23.5. The first-order chi connectivity index (χ1) is 15.9. The van der Waals surface area contributed by atoms with Crippen LogP contribution in [0.2, 0.25) is 0 Å². The van der Waals surface area contributed by atoms with Crippen molar-refractivity contribution in [2.75, 3.05) is 13.2 Å². The summed E-state index contributed by atoms with van der Waals surface area (Å²) in [5, 5.41) is 22.9. The molecule has 0 aliphatic heterocycles. The molecule has 1 aliphatic carbocycles. The predicted molar refractivity (Wildman–Crippen MR) is 123 cm³/mol. The Balaban J connectivity index is 1.29. The Hall–Kier alpha value is -2.81. The zero-order valence-electron chi connectivity index (χ0n) is 17.5. The molecule has 0 saturated carbocycles. The third kappa shape index (κ3) is 4.93. The summed E-state index contributed by atoms with van der Waals surface area (Å²) in [5.74, 6) is -1.83. The Morgan fingerprint density at radius 2 is 1.55 bits per heavy atom. The molecule has 3 aromatic rings. The van der Waals surface area contributed by atoms with E-state index in [2.05, 4.69) is 21.2 Å². The lowest BCUT2D eigenvalue weighted by atomic mass is 9.98. The van der Waals surface area contributed by atoms with Gasteiger partial charge in [0.1, 0.15) is 24.3 Å². The summed E-state index contributed by atoms with van der Waals surface area (Å²) >= 11 is 2.76. The number of alkyl carbamates (subject to hydrolysis) is 1. The molecule has 1 aliphatic rings. The number of aliphatic hydroxyl groups is 2. The van der Waals surface area contributed by atoms with Crippen LogP contribution >= 0.6 is 15.9 Å². The van der Waals surface area contributed by atoms with Gasteiger partial charge in [0.25, 0.3) is 0 Å². The van der Waals surface area contributed by atoms with Crippen LogP contribution in [0, 0.1) is 11.6 Å². The molecule has 0 spiro atoms. The first-order valence-electron chi connectivity index (χ1n) is 10.5. The maximum atomic E-state index is 13.7. The van der Waals surface area contributed by atoms with Gasteiger partial charge in [-0.25, -0.2) is 13.6 Å². The molecule has 172 valence electrons. The number of rotatable bonds is 7. The van der Waals surface area contributed by atoms with E-state index in [0.29, 0.717) is 0 Å². The number of aliphatic hydroxyl groups excluding tert-OH is 2. The fraction of sp³-hybridized carbons (Fsp3) is 0.240. The van der Waals surface area contributed by atoms with Crippen LogP contribution in [-0.2, 0) is 4.74 Å². The molecule has 3 aromatic carbocycles. The van der Waals surface area contributed by atoms with Crippen molar-refractivity contribution < 1.29 is 28.5 Å². The SMILES string of the molecule is O=C(NCCC(O)C(O)c1cc(F)c(Br)c(F)c1)OCC1c2ccccc2-c2ccccc21. The number of ether oxygens (including phenoxy) is 1. The summed E-state index contributed by atoms with van der Waals surface area (Å²) in [6.45, 7) is 0.166. The van der Waals surface area contributed by atoms with Crippen molar-refractivity contribution in [2.24, 2.45) is 0 Å². The van der Waals surface area contributed by atoms with Gasteiger partial charge in [0.05, 0.1) is 10.6 Å². The van der Waals surface area contributed by atoms with E-state index in [1.807, 2.05) is 48.5 Å². The zero-order valence-corrected chi connectivity index (χ0v) is 19.1. The van der Waals surface area contributed by atoms with Gasteiger partial charge >= 0.3 is 6.09 Å². The van der Waals surface area contributed by atoms with Gasteiger partial charge in [-0.2, -0.15) is 0 Å². The van der Waals surface area contributed by atoms with Crippen molar-refractivity contribution in [1.82, 2.24) is 5.32 Å². The van der Waals surface area contributed by atoms with Gasteiger partial charge in [-0.3, -0.25) is 0 Å². The lowest BCUT2D eigenvalue weighted by molar-refractivity contribution is 0.0133. The largest absolute Gasteiger partial charge is 0.449 e. The average Bonchev–Trinajstić information content (AvgIpc) is 3.14. The summed E-state index contributed by atoms with van der Waals surface area (Å²) in [6, 6.07) is 17.9. The number of benzene rings is 3. The van der Waals surface area contributed by atoms with Gasteiger partial charge in [0.15, 0.2) is 0 Å². The topological polar surface area (TPSA) is 78.8 Å². The number of nitrogens with one attached hydrogen (secondary N) is 1. The second-order valence-corrected chi connectivity index (χ2v) is 8.64. The molecular formula is C25H22BrF2NO4. The molecule has 0 bridgehead atoms. The Morgan fingerprint density at radius 3 is 2.12 bits per heavy atom. The van der Waals surface area contributed by atoms with Crippen LogP contribution in [0.5, 0.6) is 0 Å². The number of halogens is 3. The molecule has 0 saturated heterocycles. The van der Waals surface area contributed by atoms with Gasteiger partial charge in [0.2, 0.25) is 0 Å². The van der Waals surface area contributed by atoms with Crippen molar-refractivity contribution in [1.29, 1.82) is 0 Å². The highest BCUT2D eigenvalue weighted by Crippen LogP contribution is 2.44. The van der Waals surface area contributed by atoms with Gasteiger partial charge in [-0.05, 0) is 62.3 Å². The van der Waals surface area contributed by atoms with Crippen molar-refractivity contribution >= 4 is 22.0 Å². The number of carbonyl (C=O) groups excluding carboxylic acids is 1. The van der Waals surface area contributed by atoms with E-state index in [0.717, 1.165) is 34.4 Å². The van der Waals surface area contributed by atoms with Gasteiger partial charge < -0.3 is 20.3 Å². The standard InChI is InChI=1S/C25H22BrF2NO4/c26-23-20(27)11-14(12-21(23)28)24(31)22(30)9-10-29-25(32)33-13-19-17-7-3-1-5-15(17)16-6-2-4-8-18(16)19/h1-8,11-12,19,22,24,30-31H,9-10,13H2,(H,29,32). The summed E-state index contributed by atoms with van der Waals surface area (Å²) in [4.78, 5) is 12.2. The molecule has 0 aromatic heterocycles. The van der Waals surface area contributed by atoms with Crippen LogP contribution in [0.4, 0.5) is 13.6 Å². The highest BCUT2D eigenvalue weighted by Gasteiger charge is 2.29. The average molecular weight is 518 g/mol. The number of fused-ring (bicyclic) bond motifs is 3. The summed E-state index contributed by atoms with van der Waals surface area (Å²) in [5.41, 5.74) is 4.35. The molecule has 0 heterocycles. The fourth-order valence-corrected chi connectivity index (χ4v) is 4.33. The van der Waals surface area contributed by atoms with E-state index < -0.39 is 29.9 Å². The second kappa shape index (κ2) is 9.99. The molecule has 5 nitrogen and oxygen atoms in total. The third-order valence-electron chi connectivity index (χ3n) is 5.77. The van der Waals surface area contributed by atoms with Crippen LogP contribution in [0.15, 0.2) is 65.1 Å². The van der Waals surface area contributed by atoms with E-state index >= 15 is 0 Å². The van der Waals surface area contributed by atoms with Gasteiger partial charge in [0, 0.05) is 12.5 Å². The van der Waals surface area contributed by atoms with Gasteiger partial charge in [-0.15, -0.1) is 0 Å². The molecular weight excluding hydrogens is 496 g/mol. The first kappa shape index (κ1) is 23.4. The monoisotopic (exact) mass is 517 g/mol. The molecule has 3 N–H and O–H groups in total. The number of hydrogen-bond donors (Lipinski definition) is 3. The third-order valence-corrected chi connectivity index (χ3v) is 6.52. The normalized spacial score (nSPS) is 14.3. The van der Waals surface area contributed by atoms with E-state index in [1.165, 1.54) is 0 Å². The van der Waals surface area contributed by atoms with Gasteiger partial charge in [-0.1, -0.05) is 48.5 Å². The quantitative estimate of drug-likeness (QED) is 0.383. The molecule has 2 unspecified atom stereocenters. The van der Waals surface area contributed by atoms with E-state index in [4.69, 9.17) is 4.74 Å². The van der Waals surface area contributed by atoms with Crippen LogP contribution in [0.1, 0.15) is 35.1 Å². The van der Waals surface area contributed by atoms with Crippen molar-refractivity contribution in [3.63, 3.8) is 0 Å². The maximum Gasteiger partial charge on any atom is 0.407 e. The minimum absolute atomic E-state index is 0.0103. The second-order valence-electron chi connectivity index (χ2n) is 7.85. The van der Waals surface area contributed by atoms with Crippen molar-refractivity contribution in [3.05, 3.63) is 93.5 Å². The maximum absolute atomic E-state index is 13.7. The first-order valence-corrected chi connectivity index (χ1v) is 11.3.